The summed E-state index contributed by atoms with van der Waals surface area (Å²) < 4.78 is 0. The first-order chi connectivity index (χ1) is 7.65. The zero-order valence-corrected chi connectivity index (χ0v) is 10.7. The molecule has 0 radical (unpaired) electrons. The van der Waals surface area contributed by atoms with E-state index in [-0.39, 0.29) is 11.9 Å². The number of nitrogens with zero attached hydrogens (tertiary/aromatic N) is 1. The summed E-state index contributed by atoms with van der Waals surface area (Å²) >= 11 is 5.00. The number of hydrogen-bond acceptors (Lipinski definition) is 3. The number of rotatable bonds is 6. The maximum Gasteiger partial charge on any atom is 0.234 e. The molecule has 1 aliphatic rings. The largest absolute Gasteiger partial charge is 0.392 e. The lowest BCUT2D eigenvalue weighted by atomic mass is 10.2. The number of nitrogens with one attached hydrogen (secondary N) is 1. The lowest BCUT2D eigenvalue weighted by Crippen LogP contribution is -2.44. The highest BCUT2D eigenvalue weighted by molar-refractivity contribution is 7.80. The summed E-state index contributed by atoms with van der Waals surface area (Å²) in [6.07, 6.45) is 4.19. The van der Waals surface area contributed by atoms with Crippen molar-refractivity contribution in [3.8, 4) is 0 Å². The van der Waals surface area contributed by atoms with E-state index in [2.05, 4.69) is 17.1 Å². The summed E-state index contributed by atoms with van der Waals surface area (Å²) in [5.41, 5.74) is 5.64. The molecule has 1 amide bonds. The minimum absolute atomic E-state index is 0.0802. The number of carbonyl (C=O) groups is 1. The van der Waals surface area contributed by atoms with Gasteiger partial charge in [-0.15, -0.1) is 0 Å². The van der Waals surface area contributed by atoms with E-state index in [1.165, 1.54) is 0 Å². The molecule has 0 saturated carbocycles. The summed E-state index contributed by atoms with van der Waals surface area (Å²) in [5.74, 6) is 0.0802. The Morgan fingerprint density at radius 1 is 1.62 bits per heavy atom. The monoisotopic (exact) mass is 243 g/mol. The van der Waals surface area contributed by atoms with Crippen molar-refractivity contribution < 1.29 is 4.79 Å². The van der Waals surface area contributed by atoms with Crippen molar-refractivity contribution >= 4 is 23.1 Å². The number of nitrogens with two attached hydrogens (primary N) is 1. The summed E-state index contributed by atoms with van der Waals surface area (Å²) in [6, 6.07) is 0.118. The van der Waals surface area contributed by atoms with E-state index >= 15 is 0 Å². The van der Waals surface area contributed by atoms with Crippen molar-refractivity contribution in [3.63, 3.8) is 0 Å². The lowest BCUT2D eigenvalue weighted by Gasteiger charge is -2.22. The van der Waals surface area contributed by atoms with Crippen LogP contribution in [0.1, 0.15) is 32.6 Å². The van der Waals surface area contributed by atoms with Gasteiger partial charge in [0.25, 0.3) is 0 Å². The number of likely N-dealkylation sites (tertiary alicyclic amines) is 1. The molecule has 0 aromatic rings. The molecule has 0 aliphatic carbocycles. The van der Waals surface area contributed by atoms with Crippen molar-refractivity contribution in [1.82, 2.24) is 10.2 Å². The number of hydrogen-bond donors (Lipinski definition) is 2. The second kappa shape index (κ2) is 6.81. The fourth-order valence-corrected chi connectivity index (χ4v) is 2.25. The Morgan fingerprint density at radius 2 is 2.38 bits per heavy atom. The van der Waals surface area contributed by atoms with E-state index in [0.717, 1.165) is 38.8 Å². The third kappa shape index (κ3) is 4.06. The van der Waals surface area contributed by atoms with E-state index in [0.29, 0.717) is 11.5 Å². The average molecular weight is 243 g/mol. The Morgan fingerprint density at radius 3 is 3.00 bits per heavy atom. The van der Waals surface area contributed by atoms with Crippen molar-refractivity contribution in [2.75, 3.05) is 19.6 Å². The third-order valence-electron chi connectivity index (χ3n) is 2.89. The third-order valence-corrected chi connectivity index (χ3v) is 3.16. The molecule has 4 nitrogen and oxygen atoms in total. The van der Waals surface area contributed by atoms with Crippen LogP contribution in [-0.4, -0.2) is 41.5 Å². The van der Waals surface area contributed by atoms with E-state index in [9.17, 15) is 4.79 Å². The zero-order valence-electron chi connectivity index (χ0n) is 9.87. The summed E-state index contributed by atoms with van der Waals surface area (Å²) in [4.78, 5) is 14.2. The lowest BCUT2D eigenvalue weighted by molar-refractivity contribution is -0.122. The molecule has 1 atom stereocenters. The van der Waals surface area contributed by atoms with Crippen molar-refractivity contribution in [3.05, 3.63) is 0 Å². The SMILES string of the molecule is CCCCNC(=O)CN1CCCC1C(N)=S. The van der Waals surface area contributed by atoms with Gasteiger partial charge in [-0.3, -0.25) is 9.69 Å². The van der Waals surface area contributed by atoms with Gasteiger partial charge < -0.3 is 11.1 Å². The van der Waals surface area contributed by atoms with E-state index in [1.807, 2.05) is 0 Å². The second-order valence-corrected chi connectivity index (χ2v) is 4.71. The predicted molar refractivity (Wildman–Crippen MR) is 69.3 cm³/mol. The molecule has 0 spiro atoms. The van der Waals surface area contributed by atoms with Crippen LogP contribution in [0, 0.1) is 0 Å². The van der Waals surface area contributed by atoms with Gasteiger partial charge >= 0.3 is 0 Å². The topological polar surface area (TPSA) is 58.4 Å². The van der Waals surface area contributed by atoms with Gasteiger partial charge in [0.1, 0.15) is 0 Å². The van der Waals surface area contributed by atoms with Gasteiger partial charge in [-0.1, -0.05) is 25.6 Å². The molecular weight excluding hydrogens is 222 g/mol. The van der Waals surface area contributed by atoms with Crippen LogP contribution in [-0.2, 0) is 4.79 Å². The predicted octanol–water partition coefficient (Wildman–Crippen LogP) is 0.653. The molecule has 0 aromatic carbocycles. The van der Waals surface area contributed by atoms with Crippen LogP contribution in [0.25, 0.3) is 0 Å². The van der Waals surface area contributed by atoms with Crippen molar-refractivity contribution in [1.29, 1.82) is 0 Å². The van der Waals surface area contributed by atoms with Crippen LogP contribution in [0.2, 0.25) is 0 Å². The summed E-state index contributed by atoms with van der Waals surface area (Å²) in [5, 5.41) is 2.91. The molecule has 16 heavy (non-hydrogen) atoms. The highest BCUT2D eigenvalue weighted by atomic mass is 32.1. The van der Waals surface area contributed by atoms with Crippen LogP contribution in [0.3, 0.4) is 0 Å². The van der Waals surface area contributed by atoms with Gasteiger partial charge in [0.2, 0.25) is 5.91 Å². The smallest absolute Gasteiger partial charge is 0.234 e. The number of unbranched alkanes of at least 4 members (excludes halogenated alkanes) is 1. The normalized spacial score (nSPS) is 20.9. The first-order valence-corrected chi connectivity index (χ1v) is 6.36. The standard InChI is InChI=1S/C11H21N3OS/c1-2-3-6-13-10(15)8-14-7-4-5-9(14)11(12)16/h9H,2-8H2,1H3,(H2,12,16)(H,13,15). The van der Waals surface area contributed by atoms with Crippen molar-refractivity contribution in [2.45, 2.75) is 38.6 Å². The number of amides is 1. The van der Waals surface area contributed by atoms with Crippen LogP contribution in [0.4, 0.5) is 0 Å². The van der Waals surface area contributed by atoms with Crippen LogP contribution < -0.4 is 11.1 Å². The first kappa shape index (κ1) is 13.4. The average Bonchev–Trinajstić information content (AvgIpc) is 2.66. The van der Waals surface area contributed by atoms with Crippen LogP contribution >= 0.6 is 12.2 Å². The van der Waals surface area contributed by atoms with Gasteiger partial charge in [-0.25, -0.2) is 0 Å². The fraction of sp³-hybridized carbons (Fsp3) is 0.818. The van der Waals surface area contributed by atoms with E-state index in [1.54, 1.807) is 0 Å². The Hall–Kier alpha value is -0.680. The summed E-state index contributed by atoms with van der Waals surface area (Å²) in [6.45, 7) is 4.21. The molecule has 3 N–H and O–H groups in total. The van der Waals surface area contributed by atoms with Gasteiger partial charge in [0.15, 0.2) is 0 Å². The molecule has 1 heterocycles. The Kier molecular flexibility index (Phi) is 5.69. The van der Waals surface area contributed by atoms with Gasteiger partial charge in [0.05, 0.1) is 17.6 Å². The van der Waals surface area contributed by atoms with E-state index in [4.69, 9.17) is 18.0 Å². The van der Waals surface area contributed by atoms with Gasteiger partial charge in [-0.05, 0) is 25.8 Å². The highest BCUT2D eigenvalue weighted by Crippen LogP contribution is 2.16. The minimum Gasteiger partial charge on any atom is -0.392 e. The molecule has 1 rings (SSSR count). The zero-order chi connectivity index (χ0) is 12.0. The summed E-state index contributed by atoms with van der Waals surface area (Å²) in [7, 11) is 0. The molecule has 1 fully saturated rings. The first-order valence-electron chi connectivity index (χ1n) is 5.95. The van der Waals surface area contributed by atoms with E-state index < -0.39 is 0 Å². The second-order valence-electron chi connectivity index (χ2n) is 4.23. The minimum atomic E-state index is 0.0802. The Balaban J connectivity index is 2.30. The quantitative estimate of drug-likeness (QED) is 0.531. The Bertz CT molecular complexity index is 258. The molecule has 1 saturated heterocycles. The molecular formula is C11H21N3OS. The maximum atomic E-state index is 11.6. The van der Waals surface area contributed by atoms with Crippen LogP contribution in [0.5, 0.6) is 0 Å². The van der Waals surface area contributed by atoms with Gasteiger partial charge in [-0.2, -0.15) is 0 Å². The number of thiocarbonyl (C=S) groups is 1. The molecule has 0 aromatic heterocycles. The maximum absolute atomic E-state index is 11.6. The van der Waals surface area contributed by atoms with Crippen molar-refractivity contribution in [2.24, 2.45) is 5.73 Å². The molecule has 1 aliphatic heterocycles. The number of carbonyl (C=O) groups excluding carboxylic acids is 1. The highest BCUT2D eigenvalue weighted by Gasteiger charge is 2.27. The van der Waals surface area contributed by atoms with Gasteiger partial charge in [0, 0.05) is 6.54 Å². The molecule has 92 valence electrons. The molecule has 5 heteroatoms. The fourth-order valence-electron chi connectivity index (χ4n) is 1.98. The van der Waals surface area contributed by atoms with Crippen LogP contribution in [0.15, 0.2) is 0 Å². The molecule has 1 unspecified atom stereocenters. The Labute approximate surface area is 103 Å². The molecule has 0 bridgehead atoms.